The zero-order valence-corrected chi connectivity index (χ0v) is 16.7. The minimum absolute atomic E-state index is 0.0598. The minimum Gasteiger partial charge on any atom is -0.352 e. The first kappa shape index (κ1) is 18.2. The lowest BCUT2D eigenvalue weighted by Gasteiger charge is -2.42. The van der Waals surface area contributed by atoms with Crippen molar-refractivity contribution < 1.29 is 4.79 Å². The van der Waals surface area contributed by atoms with E-state index in [1.165, 1.54) is 27.8 Å². The molecule has 4 rings (SSSR count). The second-order valence-corrected chi connectivity index (χ2v) is 8.33. The van der Waals surface area contributed by atoms with Crippen molar-refractivity contribution in [2.75, 3.05) is 19.6 Å². The lowest BCUT2D eigenvalue weighted by Crippen LogP contribution is -2.39. The van der Waals surface area contributed by atoms with Gasteiger partial charge in [0, 0.05) is 24.7 Å². The molecule has 1 unspecified atom stereocenters. The van der Waals surface area contributed by atoms with Crippen LogP contribution in [0.5, 0.6) is 0 Å². The Morgan fingerprint density at radius 2 is 2.00 bits per heavy atom. The maximum Gasteiger partial charge on any atom is 0.251 e. The van der Waals surface area contributed by atoms with Gasteiger partial charge in [-0.1, -0.05) is 51.1 Å². The van der Waals surface area contributed by atoms with Crippen molar-refractivity contribution in [3.63, 3.8) is 0 Å². The predicted octanol–water partition coefficient (Wildman–Crippen LogP) is 4.60. The number of nitrogens with zero attached hydrogens (tertiary/aromatic N) is 1. The number of hydrogen-bond acceptors (Lipinski definition) is 2. The van der Waals surface area contributed by atoms with Crippen LogP contribution in [0.15, 0.2) is 36.4 Å². The van der Waals surface area contributed by atoms with Gasteiger partial charge in [-0.25, -0.2) is 0 Å². The average Bonchev–Trinajstić information content (AvgIpc) is 2.68. The van der Waals surface area contributed by atoms with Crippen LogP contribution >= 0.6 is 0 Å². The van der Waals surface area contributed by atoms with E-state index in [1.54, 1.807) is 0 Å². The molecular weight excluding hydrogens is 332 g/mol. The van der Waals surface area contributed by atoms with Crippen LogP contribution in [-0.4, -0.2) is 30.4 Å². The molecule has 0 aromatic heterocycles. The van der Waals surface area contributed by atoms with E-state index in [-0.39, 0.29) is 5.91 Å². The van der Waals surface area contributed by atoms with Gasteiger partial charge in [0.1, 0.15) is 0 Å². The highest BCUT2D eigenvalue weighted by molar-refractivity contribution is 6.03. The van der Waals surface area contributed by atoms with Crippen LogP contribution in [0.2, 0.25) is 0 Å². The van der Waals surface area contributed by atoms with E-state index >= 15 is 0 Å². The van der Waals surface area contributed by atoms with E-state index in [0.29, 0.717) is 18.5 Å². The third-order valence-corrected chi connectivity index (χ3v) is 5.90. The van der Waals surface area contributed by atoms with Crippen LogP contribution in [-0.2, 0) is 12.8 Å². The Kier molecular flexibility index (Phi) is 5.05. The lowest BCUT2D eigenvalue weighted by molar-refractivity contribution is 0.0949. The van der Waals surface area contributed by atoms with Gasteiger partial charge in [-0.2, -0.15) is 0 Å². The molecule has 0 fully saturated rings. The van der Waals surface area contributed by atoms with Gasteiger partial charge in [0.15, 0.2) is 0 Å². The summed E-state index contributed by atoms with van der Waals surface area (Å²) in [4.78, 5) is 15.7. The van der Waals surface area contributed by atoms with Gasteiger partial charge in [0.05, 0.1) is 0 Å². The van der Waals surface area contributed by atoms with E-state index in [0.717, 1.165) is 37.9 Å². The molecule has 3 heteroatoms. The molecule has 2 aromatic rings. The third kappa shape index (κ3) is 3.29. The van der Waals surface area contributed by atoms with Crippen molar-refractivity contribution in [1.29, 1.82) is 0 Å². The Bertz CT molecular complexity index is 855. The van der Waals surface area contributed by atoms with Crippen LogP contribution < -0.4 is 5.32 Å². The molecule has 1 aliphatic carbocycles. The first-order chi connectivity index (χ1) is 13.1. The fraction of sp³-hybridized carbons (Fsp3) is 0.458. The first-order valence-corrected chi connectivity index (χ1v) is 10.4. The maximum atomic E-state index is 13.0. The normalized spacial score (nSPS) is 18.1. The Morgan fingerprint density at radius 1 is 1.19 bits per heavy atom. The van der Waals surface area contributed by atoms with Gasteiger partial charge in [-0.15, -0.1) is 0 Å². The summed E-state index contributed by atoms with van der Waals surface area (Å²) in [6.45, 7) is 9.46. The van der Waals surface area contributed by atoms with Crippen molar-refractivity contribution in [1.82, 2.24) is 10.2 Å². The quantitative estimate of drug-likeness (QED) is 0.843. The molecule has 3 nitrogen and oxygen atoms in total. The Morgan fingerprint density at radius 3 is 2.78 bits per heavy atom. The smallest absolute Gasteiger partial charge is 0.251 e. The zero-order chi connectivity index (χ0) is 19.0. The molecule has 1 amide bonds. The molecule has 2 aliphatic rings. The molecule has 0 radical (unpaired) electrons. The molecule has 1 heterocycles. The highest BCUT2D eigenvalue weighted by Crippen LogP contribution is 2.46. The first-order valence-electron chi connectivity index (χ1n) is 10.4. The van der Waals surface area contributed by atoms with E-state index in [4.69, 9.17) is 0 Å². The molecule has 0 saturated carbocycles. The van der Waals surface area contributed by atoms with Crippen molar-refractivity contribution in [3.8, 4) is 11.1 Å². The van der Waals surface area contributed by atoms with Crippen molar-refractivity contribution in [2.24, 2.45) is 5.92 Å². The molecule has 1 atom stereocenters. The number of carbonyl (C=O) groups is 1. The average molecular weight is 363 g/mol. The number of fused-ring (bicyclic) bond motifs is 2. The SMILES string of the molecule is CCCN1CCc2ccc(C(=O)NCC(C)C)c3c2C1Cc1ccccc1-3. The standard InChI is InChI=1S/C24H30N2O/c1-4-12-26-13-11-17-9-10-20(24(27)25-15-16(2)3)23-19-8-6-5-7-18(19)14-21(26)22(17)23/h5-10,16,21H,4,11-15H2,1-3H3,(H,25,27). The number of benzene rings is 2. The zero-order valence-electron chi connectivity index (χ0n) is 16.7. The Hall–Kier alpha value is -2.13. The van der Waals surface area contributed by atoms with Crippen LogP contribution in [0.4, 0.5) is 0 Å². The number of rotatable bonds is 5. The van der Waals surface area contributed by atoms with Crippen LogP contribution in [0.25, 0.3) is 11.1 Å². The van der Waals surface area contributed by atoms with Crippen LogP contribution in [0.1, 0.15) is 60.3 Å². The molecule has 27 heavy (non-hydrogen) atoms. The topological polar surface area (TPSA) is 32.3 Å². The molecule has 2 aromatic carbocycles. The number of hydrogen-bond donors (Lipinski definition) is 1. The third-order valence-electron chi connectivity index (χ3n) is 5.90. The van der Waals surface area contributed by atoms with Gasteiger partial charge in [0.2, 0.25) is 0 Å². The number of carbonyl (C=O) groups excluding carboxylic acids is 1. The van der Waals surface area contributed by atoms with Crippen molar-refractivity contribution in [3.05, 3.63) is 58.7 Å². The van der Waals surface area contributed by atoms with Gasteiger partial charge < -0.3 is 5.32 Å². The summed E-state index contributed by atoms with van der Waals surface area (Å²) in [5.74, 6) is 0.507. The summed E-state index contributed by atoms with van der Waals surface area (Å²) in [5, 5.41) is 3.13. The highest BCUT2D eigenvalue weighted by Gasteiger charge is 2.35. The minimum atomic E-state index is 0.0598. The predicted molar refractivity (Wildman–Crippen MR) is 111 cm³/mol. The van der Waals surface area contributed by atoms with E-state index in [9.17, 15) is 4.79 Å². The monoisotopic (exact) mass is 362 g/mol. The fourth-order valence-electron chi connectivity index (χ4n) is 4.67. The van der Waals surface area contributed by atoms with Gasteiger partial charge >= 0.3 is 0 Å². The van der Waals surface area contributed by atoms with Crippen LogP contribution in [0, 0.1) is 5.92 Å². The van der Waals surface area contributed by atoms with Crippen molar-refractivity contribution >= 4 is 5.91 Å². The summed E-state index contributed by atoms with van der Waals surface area (Å²) in [7, 11) is 0. The van der Waals surface area contributed by atoms with Gasteiger partial charge in [-0.3, -0.25) is 9.69 Å². The Labute approximate surface area is 162 Å². The summed E-state index contributed by atoms with van der Waals surface area (Å²) in [6.07, 6.45) is 3.29. The van der Waals surface area contributed by atoms with Gasteiger partial charge in [0.25, 0.3) is 5.91 Å². The molecule has 0 spiro atoms. The van der Waals surface area contributed by atoms with Crippen LogP contribution in [0.3, 0.4) is 0 Å². The fourth-order valence-corrected chi connectivity index (χ4v) is 4.67. The summed E-state index contributed by atoms with van der Waals surface area (Å²) < 4.78 is 0. The number of nitrogens with one attached hydrogen (secondary N) is 1. The van der Waals surface area contributed by atoms with E-state index in [2.05, 4.69) is 67.4 Å². The second-order valence-electron chi connectivity index (χ2n) is 8.33. The molecule has 1 aliphatic heterocycles. The summed E-state index contributed by atoms with van der Waals surface area (Å²) in [6, 6.07) is 13.3. The van der Waals surface area contributed by atoms with Crippen molar-refractivity contribution in [2.45, 2.75) is 46.1 Å². The lowest BCUT2D eigenvalue weighted by atomic mass is 9.75. The van der Waals surface area contributed by atoms with E-state index < -0.39 is 0 Å². The Balaban J connectivity index is 1.85. The molecule has 142 valence electrons. The summed E-state index contributed by atoms with van der Waals surface area (Å²) in [5.41, 5.74) is 7.47. The molecular formula is C24H30N2O. The van der Waals surface area contributed by atoms with Gasteiger partial charge in [-0.05, 0) is 65.6 Å². The molecule has 1 N–H and O–H groups in total. The largest absolute Gasteiger partial charge is 0.352 e. The number of amides is 1. The second kappa shape index (κ2) is 7.47. The molecule has 0 bridgehead atoms. The summed E-state index contributed by atoms with van der Waals surface area (Å²) >= 11 is 0. The van der Waals surface area contributed by atoms with E-state index in [1.807, 2.05) is 0 Å². The highest BCUT2D eigenvalue weighted by atomic mass is 16.1. The maximum absolute atomic E-state index is 13.0. The molecule has 0 saturated heterocycles.